The largest absolute Gasteiger partial charge is 0.494 e. The minimum atomic E-state index is -1.53. The van der Waals surface area contributed by atoms with Crippen molar-refractivity contribution in [2.24, 2.45) is 4.99 Å². The highest BCUT2D eigenvalue weighted by molar-refractivity contribution is 9.10. The second kappa shape index (κ2) is 15.4. The summed E-state index contributed by atoms with van der Waals surface area (Å²) in [5, 5.41) is 9.01. The van der Waals surface area contributed by atoms with Gasteiger partial charge in [0.15, 0.2) is 17.9 Å². The number of carbonyl (C=O) groups excluding carboxylic acids is 2. The molecule has 3 rings (SSSR count). The zero-order chi connectivity index (χ0) is 30.8. The Hall–Kier alpha value is -3.03. The topological polar surface area (TPSA) is 137 Å². The van der Waals surface area contributed by atoms with Crippen molar-refractivity contribution in [3.63, 3.8) is 0 Å². The van der Waals surface area contributed by atoms with Crippen molar-refractivity contribution >= 4 is 33.7 Å². The Balaban J connectivity index is 1.99. The highest BCUT2D eigenvalue weighted by atomic mass is 79.9. The number of esters is 1. The van der Waals surface area contributed by atoms with E-state index in [9.17, 15) is 9.59 Å². The van der Waals surface area contributed by atoms with Crippen LogP contribution in [0.4, 0.5) is 0 Å². The van der Waals surface area contributed by atoms with Gasteiger partial charge in [-0.2, -0.15) is 0 Å². The molecular formula is C30H40BrN3O8. The molecule has 1 aliphatic rings. The van der Waals surface area contributed by atoms with Gasteiger partial charge in [-0.05, 0) is 69.2 Å². The molecule has 2 atom stereocenters. The number of rotatable bonds is 15. The lowest BCUT2D eigenvalue weighted by Gasteiger charge is -2.31. The van der Waals surface area contributed by atoms with Crippen molar-refractivity contribution in [3.05, 3.63) is 64.1 Å². The second-order valence-corrected chi connectivity index (χ2v) is 11.6. The standard InChI is InChI=1S/C30H40BrN3O8/c1-29(2,3)42-24(36)15-16-30(28(37)34-32-19-25(38-4)39-5)26(20-7-11-22(31)12-8-20)41-27(33-30)21-9-13-23(14-10-21)40-18-6-17-35/h7-14,25-26,32,35H,6,15-19H2,1-5H3,(H,34,37)/t26-,30-/m0/s1. The molecule has 1 amide bonds. The maximum absolute atomic E-state index is 14.0. The van der Waals surface area contributed by atoms with Gasteiger partial charge in [0.25, 0.3) is 5.91 Å². The Morgan fingerprint density at radius 1 is 1.10 bits per heavy atom. The maximum atomic E-state index is 14.0. The van der Waals surface area contributed by atoms with Crippen LogP contribution >= 0.6 is 15.9 Å². The average Bonchev–Trinajstić information content (AvgIpc) is 3.35. The molecule has 0 saturated heterocycles. The molecule has 0 unspecified atom stereocenters. The molecule has 2 aromatic carbocycles. The van der Waals surface area contributed by atoms with E-state index >= 15 is 0 Å². The van der Waals surface area contributed by atoms with Crippen molar-refractivity contribution in [3.8, 4) is 5.75 Å². The van der Waals surface area contributed by atoms with Crippen LogP contribution in [0.5, 0.6) is 5.75 Å². The molecule has 0 aliphatic carbocycles. The molecule has 1 heterocycles. The first-order chi connectivity index (χ1) is 20.0. The molecule has 2 aromatic rings. The molecule has 3 N–H and O–H groups in total. The van der Waals surface area contributed by atoms with Gasteiger partial charge in [0.2, 0.25) is 5.90 Å². The molecule has 0 spiro atoms. The molecule has 11 nitrogen and oxygen atoms in total. The van der Waals surface area contributed by atoms with Crippen LogP contribution in [0.1, 0.15) is 57.3 Å². The third-order valence-electron chi connectivity index (χ3n) is 6.33. The van der Waals surface area contributed by atoms with Crippen LogP contribution in [0.2, 0.25) is 0 Å². The summed E-state index contributed by atoms with van der Waals surface area (Å²) < 4.78 is 28.9. The summed E-state index contributed by atoms with van der Waals surface area (Å²) in [7, 11) is 2.99. The van der Waals surface area contributed by atoms with Crippen LogP contribution in [-0.4, -0.2) is 74.3 Å². The van der Waals surface area contributed by atoms with E-state index in [1.165, 1.54) is 14.2 Å². The van der Waals surface area contributed by atoms with E-state index in [-0.39, 0.29) is 31.9 Å². The Morgan fingerprint density at radius 3 is 2.36 bits per heavy atom. The number of hydrazine groups is 1. The van der Waals surface area contributed by atoms with Gasteiger partial charge in [-0.3, -0.25) is 15.0 Å². The van der Waals surface area contributed by atoms with Gasteiger partial charge in [0, 0.05) is 43.7 Å². The monoisotopic (exact) mass is 649 g/mol. The first kappa shape index (κ1) is 33.5. The van der Waals surface area contributed by atoms with Crippen LogP contribution in [0.25, 0.3) is 0 Å². The van der Waals surface area contributed by atoms with E-state index < -0.39 is 35.4 Å². The third-order valence-corrected chi connectivity index (χ3v) is 6.86. The number of hydrogen-bond donors (Lipinski definition) is 3. The Bertz CT molecular complexity index is 1200. The number of methoxy groups -OCH3 is 2. The average molecular weight is 651 g/mol. The van der Waals surface area contributed by atoms with Gasteiger partial charge < -0.3 is 28.8 Å². The number of aliphatic imine (C=N–C) groups is 1. The van der Waals surface area contributed by atoms with E-state index in [4.69, 9.17) is 33.8 Å². The fourth-order valence-electron chi connectivity index (χ4n) is 4.28. The van der Waals surface area contributed by atoms with Gasteiger partial charge in [-0.15, -0.1) is 0 Å². The van der Waals surface area contributed by atoms with Crippen molar-refractivity contribution in [2.75, 3.05) is 34.0 Å². The van der Waals surface area contributed by atoms with E-state index in [1.807, 2.05) is 24.3 Å². The number of hydrogen-bond acceptors (Lipinski definition) is 10. The number of nitrogens with zero attached hydrogens (tertiary/aromatic N) is 1. The van der Waals surface area contributed by atoms with Crippen LogP contribution < -0.4 is 15.6 Å². The number of ether oxygens (including phenoxy) is 5. The van der Waals surface area contributed by atoms with Crippen LogP contribution in [-0.2, 0) is 28.5 Å². The van der Waals surface area contributed by atoms with E-state index in [1.54, 1.807) is 45.0 Å². The highest BCUT2D eigenvalue weighted by Gasteiger charge is 2.53. The maximum Gasteiger partial charge on any atom is 0.306 e. The van der Waals surface area contributed by atoms with E-state index in [2.05, 4.69) is 26.8 Å². The van der Waals surface area contributed by atoms with E-state index in [0.29, 0.717) is 29.9 Å². The summed E-state index contributed by atoms with van der Waals surface area (Å²) in [5.74, 6) is -0.0806. The number of nitrogens with one attached hydrogen (secondary N) is 2. The molecule has 1 aliphatic heterocycles. The Morgan fingerprint density at radius 2 is 1.76 bits per heavy atom. The number of aliphatic hydroxyl groups is 1. The normalized spacial score (nSPS) is 18.4. The molecule has 230 valence electrons. The van der Waals surface area contributed by atoms with Gasteiger partial charge in [0.05, 0.1) is 13.2 Å². The molecule has 0 aromatic heterocycles. The predicted molar refractivity (Wildman–Crippen MR) is 160 cm³/mol. The summed E-state index contributed by atoms with van der Waals surface area (Å²) in [6.45, 7) is 5.95. The zero-order valence-corrected chi connectivity index (χ0v) is 26.2. The van der Waals surface area contributed by atoms with Gasteiger partial charge in [-0.25, -0.2) is 10.4 Å². The highest BCUT2D eigenvalue weighted by Crippen LogP contribution is 2.43. The molecule has 0 radical (unpaired) electrons. The molecule has 0 bridgehead atoms. The minimum absolute atomic E-state index is 0.0139. The summed E-state index contributed by atoms with van der Waals surface area (Å²) in [6, 6.07) is 14.5. The van der Waals surface area contributed by atoms with Crippen molar-refractivity contribution in [1.29, 1.82) is 0 Å². The smallest absolute Gasteiger partial charge is 0.306 e. The van der Waals surface area contributed by atoms with Crippen LogP contribution in [0.15, 0.2) is 58.0 Å². The van der Waals surface area contributed by atoms with Crippen molar-refractivity contribution in [1.82, 2.24) is 10.9 Å². The first-order valence-corrected chi connectivity index (χ1v) is 14.5. The lowest BCUT2D eigenvalue weighted by Crippen LogP contribution is -2.54. The quantitative estimate of drug-likeness (QED) is 0.114. The molecular weight excluding hydrogens is 610 g/mol. The lowest BCUT2D eigenvalue weighted by atomic mass is 9.83. The SMILES string of the molecule is COC(CNNC(=O)[C@@]1(CCC(=O)OC(C)(C)C)N=C(c2ccc(OCCCO)cc2)O[C@H]1c1ccc(Br)cc1)OC. The summed E-state index contributed by atoms with van der Waals surface area (Å²) in [5.41, 5.74) is 4.69. The third kappa shape index (κ3) is 9.23. The summed E-state index contributed by atoms with van der Waals surface area (Å²) in [6.07, 6.45) is -0.993. The minimum Gasteiger partial charge on any atom is -0.494 e. The number of benzene rings is 2. The van der Waals surface area contributed by atoms with Crippen LogP contribution in [0.3, 0.4) is 0 Å². The molecule has 42 heavy (non-hydrogen) atoms. The predicted octanol–water partition coefficient (Wildman–Crippen LogP) is 3.83. The fourth-order valence-corrected chi connectivity index (χ4v) is 4.54. The van der Waals surface area contributed by atoms with Gasteiger partial charge >= 0.3 is 5.97 Å². The zero-order valence-electron chi connectivity index (χ0n) is 24.6. The number of halogens is 1. The lowest BCUT2D eigenvalue weighted by molar-refractivity contribution is -0.155. The second-order valence-electron chi connectivity index (χ2n) is 10.7. The van der Waals surface area contributed by atoms with Crippen LogP contribution in [0, 0.1) is 0 Å². The Kier molecular flexibility index (Phi) is 12.3. The molecule has 0 fully saturated rings. The molecule has 12 heteroatoms. The van der Waals surface area contributed by atoms with Crippen molar-refractivity contribution in [2.45, 2.75) is 63.6 Å². The van der Waals surface area contributed by atoms with Gasteiger partial charge in [-0.1, -0.05) is 28.1 Å². The fraction of sp³-hybridized carbons (Fsp3) is 0.500. The Labute approximate surface area is 255 Å². The van der Waals surface area contributed by atoms with E-state index in [0.717, 1.165) is 4.47 Å². The number of carbonyl (C=O) groups is 2. The number of aliphatic hydroxyl groups excluding tert-OH is 1. The first-order valence-electron chi connectivity index (χ1n) is 13.7. The summed E-state index contributed by atoms with van der Waals surface area (Å²) >= 11 is 3.46. The van der Waals surface area contributed by atoms with Gasteiger partial charge in [0.1, 0.15) is 11.4 Å². The number of amides is 1. The summed E-state index contributed by atoms with van der Waals surface area (Å²) in [4.78, 5) is 31.7. The molecule has 0 saturated carbocycles. The van der Waals surface area contributed by atoms with Crippen molar-refractivity contribution < 1.29 is 38.4 Å².